The van der Waals surface area contributed by atoms with E-state index in [1.807, 2.05) is 0 Å². The number of anilines is 1. The molecular weight excluding hydrogens is 240 g/mol. The van der Waals surface area contributed by atoms with Gasteiger partial charge in [-0.3, -0.25) is 0 Å². The minimum absolute atomic E-state index is 0.169. The first-order valence-corrected chi connectivity index (χ1v) is 5.42. The van der Waals surface area contributed by atoms with Crippen molar-refractivity contribution < 1.29 is 14.9 Å². The molecule has 1 aliphatic rings. The minimum Gasteiger partial charge on any atom is -0.506 e. The molecule has 0 saturated heterocycles. The van der Waals surface area contributed by atoms with E-state index in [0.29, 0.717) is 6.42 Å². The lowest BCUT2D eigenvalue weighted by Crippen LogP contribution is -2.42. The minimum atomic E-state index is -1.52. The zero-order valence-corrected chi connectivity index (χ0v) is 9.99. The fraction of sp³-hybridized carbons (Fsp3) is 0.500. The number of hydrogen-bond acceptors (Lipinski definition) is 7. The molecule has 2 atom stereocenters. The molecular formula is C10H14N4O4. The lowest BCUT2D eigenvalue weighted by molar-refractivity contribution is -0.0981. The smallest absolute Gasteiger partial charge is 0.354 e. The van der Waals surface area contributed by atoms with Gasteiger partial charge >= 0.3 is 5.69 Å². The predicted octanol–water partition coefficient (Wildman–Crippen LogP) is 0.0296. The van der Waals surface area contributed by atoms with Gasteiger partial charge in [0, 0.05) is 0 Å². The lowest BCUT2D eigenvalue weighted by atomic mass is 10.2. The zero-order valence-electron chi connectivity index (χ0n) is 9.99. The third-order valence-corrected chi connectivity index (χ3v) is 2.91. The molecule has 2 rings (SSSR count). The quantitative estimate of drug-likeness (QED) is 0.680. The highest BCUT2D eigenvalue weighted by Gasteiger charge is 2.46. The van der Waals surface area contributed by atoms with Gasteiger partial charge in [-0.05, 0) is 13.3 Å². The Morgan fingerprint density at radius 3 is 2.78 bits per heavy atom. The summed E-state index contributed by atoms with van der Waals surface area (Å²) in [6, 6.07) is 0. The van der Waals surface area contributed by atoms with Crippen molar-refractivity contribution in [2.24, 2.45) is 0 Å². The van der Waals surface area contributed by atoms with E-state index in [0.717, 1.165) is 10.9 Å². The average molecular weight is 254 g/mol. The van der Waals surface area contributed by atoms with Crippen LogP contribution in [0.2, 0.25) is 0 Å². The van der Waals surface area contributed by atoms with Crippen LogP contribution in [-0.4, -0.2) is 30.9 Å². The van der Waals surface area contributed by atoms with Gasteiger partial charge in [0.25, 0.3) is 0 Å². The van der Waals surface area contributed by atoms with E-state index < -0.39 is 23.3 Å². The number of nitrogen functional groups attached to an aromatic ring is 1. The zero-order chi connectivity index (χ0) is 13.5. The number of nitrogens with two attached hydrogens (primary N) is 1. The Balaban J connectivity index is 2.54. The van der Waals surface area contributed by atoms with Crippen molar-refractivity contribution in [1.29, 1.82) is 0 Å². The third kappa shape index (κ3) is 1.61. The maximum atomic E-state index is 11.7. The lowest BCUT2D eigenvalue weighted by Gasteiger charge is -2.26. The van der Waals surface area contributed by atoms with Crippen molar-refractivity contribution in [2.45, 2.75) is 32.1 Å². The molecule has 4 N–H and O–H groups in total. The van der Waals surface area contributed by atoms with Gasteiger partial charge in [-0.1, -0.05) is 6.92 Å². The topological polar surface area (TPSA) is 123 Å². The highest BCUT2D eigenvalue weighted by molar-refractivity contribution is 5.20. The summed E-state index contributed by atoms with van der Waals surface area (Å²) in [7, 11) is 0. The summed E-state index contributed by atoms with van der Waals surface area (Å²) < 4.78 is 6.47. The fourth-order valence-electron chi connectivity index (χ4n) is 1.87. The standard InChI is InChI=1S/C10H14N4O4/c1-3-5-6(15)7(16)10(2,18-5)14-4-12-8(11)13-9(14)17/h4-5,15-16H,3H2,1-2H3,(H2,11,13,17)/t5-,10-/m1/s1. The first kappa shape index (κ1) is 12.4. The highest BCUT2D eigenvalue weighted by atomic mass is 16.6. The van der Waals surface area contributed by atoms with Crippen LogP contribution < -0.4 is 11.4 Å². The summed E-state index contributed by atoms with van der Waals surface area (Å²) >= 11 is 0. The van der Waals surface area contributed by atoms with Crippen LogP contribution in [-0.2, 0) is 10.5 Å². The Morgan fingerprint density at radius 2 is 2.28 bits per heavy atom. The van der Waals surface area contributed by atoms with Gasteiger partial charge in [-0.2, -0.15) is 4.98 Å². The number of aromatic nitrogens is 3. The maximum absolute atomic E-state index is 11.7. The van der Waals surface area contributed by atoms with Gasteiger partial charge in [-0.15, -0.1) is 0 Å². The number of aliphatic hydroxyl groups excluding tert-OH is 2. The van der Waals surface area contributed by atoms with Crippen LogP contribution in [0, 0.1) is 0 Å². The van der Waals surface area contributed by atoms with Gasteiger partial charge in [-0.25, -0.2) is 14.3 Å². The van der Waals surface area contributed by atoms with Crippen LogP contribution in [0.5, 0.6) is 0 Å². The fourth-order valence-corrected chi connectivity index (χ4v) is 1.87. The van der Waals surface area contributed by atoms with Crippen molar-refractivity contribution >= 4 is 5.95 Å². The first-order valence-electron chi connectivity index (χ1n) is 5.42. The molecule has 0 spiro atoms. The van der Waals surface area contributed by atoms with Crippen LogP contribution >= 0.6 is 0 Å². The van der Waals surface area contributed by atoms with Crippen LogP contribution in [0.1, 0.15) is 20.3 Å². The van der Waals surface area contributed by atoms with Crippen LogP contribution in [0.25, 0.3) is 0 Å². The summed E-state index contributed by atoms with van der Waals surface area (Å²) in [5.41, 5.74) is 3.04. The Labute approximate surface area is 102 Å². The first-order chi connectivity index (χ1) is 8.40. The molecule has 1 aromatic heterocycles. The van der Waals surface area contributed by atoms with Crippen molar-refractivity contribution in [3.05, 3.63) is 28.3 Å². The molecule has 8 heteroatoms. The SMILES string of the molecule is CC[C@H]1O[C@@](C)(n2cnc(N)nc2=O)C(O)=C1O. The molecule has 0 unspecified atom stereocenters. The molecule has 0 fully saturated rings. The summed E-state index contributed by atoms with van der Waals surface area (Å²) in [6.07, 6.45) is 0.905. The Kier molecular flexibility index (Phi) is 2.74. The van der Waals surface area contributed by atoms with Crippen molar-refractivity contribution in [3.8, 4) is 0 Å². The molecule has 98 valence electrons. The van der Waals surface area contributed by atoms with E-state index >= 15 is 0 Å². The van der Waals surface area contributed by atoms with Gasteiger partial charge in [0.2, 0.25) is 11.7 Å². The van der Waals surface area contributed by atoms with E-state index in [-0.39, 0.29) is 11.7 Å². The van der Waals surface area contributed by atoms with Crippen LogP contribution in [0.3, 0.4) is 0 Å². The number of nitrogens with zero attached hydrogens (tertiary/aromatic N) is 3. The molecule has 8 nitrogen and oxygen atoms in total. The third-order valence-electron chi connectivity index (χ3n) is 2.91. The highest BCUT2D eigenvalue weighted by Crippen LogP contribution is 2.37. The largest absolute Gasteiger partial charge is 0.506 e. The molecule has 1 aliphatic heterocycles. The van der Waals surface area contributed by atoms with E-state index in [4.69, 9.17) is 10.5 Å². The normalized spacial score (nSPS) is 27.8. The van der Waals surface area contributed by atoms with E-state index in [1.165, 1.54) is 6.92 Å². The van der Waals surface area contributed by atoms with Crippen molar-refractivity contribution in [2.75, 3.05) is 5.73 Å². The van der Waals surface area contributed by atoms with E-state index in [1.54, 1.807) is 6.92 Å². The predicted molar refractivity (Wildman–Crippen MR) is 61.8 cm³/mol. The molecule has 0 aliphatic carbocycles. The molecule has 0 amide bonds. The van der Waals surface area contributed by atoms with Gasteiger partial charge in [0.05, 0.1) is 0 Å². The maximum Gasteiger partial charge on any atom is 0.354 e. The number of hydrogen-bond donors (Lipinski definition) is 3. The second-order valence-electron chi connectivity index (χ2n) is 4.10. The average Bonchev–Trinajstić information content (AvgIpc) is 2.54. The van der Waals surface area contributed by atoms with Gasteiger partial charge in [0.15, 0.2) is 11.5 Å². The Bertz CT molecular complexity index is 567. The molecule has 2 heterocycles. The number of aliphatic hydroxyl groups is 2. The van der Waals surface area contributed by atoms with Crippen molar-refractivity contribution in [3.63, 3.8) is 0 Å². The monoisotopic (exact) mass is 254 g/mol. The summed E-state index contributed by atoms with van der Waals surface area (Å²) in [5.74, 6) is -0.883. The second kappa shape index (κ2) is 3.98. The summed E-state index contributed by atoms with van der Waals surface area (Å²) in [6.45, 7) is 3.22. The Morgan fingerprint density at radius 1 is 1.61 bits per heavy atom. The molecule has 0 radical (unpaired) electrons. The van der Waals surface area contributed by atoms with E-state index in [2.05, 4.69) is 9.97 Å². The Hall–Kier alpha value is -2.09. The van der Waals surface area contributed by atoms with Gasteiger partial charge < -0.3 is 20.7 Å². The summed E-state index contributed by atoms with van der Waals surface area (Å²) in [5, 5.41) is 19.6. The molecule has 0 bridgehead atoms. The second-order valence-corrected chi connectivity index (χ2v) is 4.10. The molecule has 1 aromatic rings. The number of ether oxygens (including phenoxy) is 1. The van der Waals surface area contributed by atoms with Crippen LogP contribution in [0.15, 0.2) is 22.6 Å². The molecule has 0 aromatic carbocycles. The number of rotatable bonds is 2. The van der Waals surface area contributed by atoms with Gasteiger partial charge in [0.1, 0.15) is 12.4 Å². The molecule has 0 saturated carbocycles. The molecule has 18 heavy (non-hydrogen) atoms. The van der Waals surface area contributed by atoms with E-state index in [9.17, 15) is 15.0 Å². The summed E-state index contributed by atoms with van der Waals surface area (Å²) in [4.78, 5) is 18.8. The van der Waals surface area contributed by atoms with Crippen LogP contribution in [0.4, 0.5) is 5.95 Å². The van der Waals surface area contributed by atoms with Crippen molar-refractivity contribution in [1.82, 2.24) is 14.5 Å².